The summed E-state index contributed by atoms with van der Waals surface area (Å²) in [6.07, 6.45) is 1.29. The Balaban J connectivity index is 1.87. The Labute approximate surface area is 162 Å². The minimum Gasteiger partial charge on any atom is -0.311 e. The van der Waals surface area contributed by atoms with E-state index in [1.807, 2.05) is 62.4 Å². The maximum absolute atomic E-state index is 12.2. The summed E-state index contributed by atoms with van der Waals surface area (Å²) in [6, 6.07) is 15.7. The molecule has 0 aliphatic heterocycles. The number of benzene rings is 2. The van der Waals surface area contributed by atoms with Gasteiger partial charge in [-0.25, -0.2) is 13.1 Å². The number of sulfonamides is 1. The second-order valence-corrected chi connectivity index (χ2v) is 8.75. The first-order valence-electron chi connectivity index (χ1n) is 9.14. The maximum Gasteiger partial charge on any atom is 0.223 e. The van der Waals surface area contributed by atoms with Crippen molar-refractivity contribution in [1.29, 1.82) is 0 Å². The Morgan fingerprint density at radius 2 is 1.67 bits per heavy atom. The highest BCUT2D eigenvalue weighted by Gasteiger charge is 2.15. The average molecular weight is 389 g/mol. The number of carbonyl (C=O) groups excluding carboxylic acids is 1. The Hall–Kier alpha value is -2.18. The first kappa shape index (κ1) is 21.1. The number of carbonyl (C=O) groups is 1. The molecule has 1 N–H and O–H groups in total. The SMILES string of the molecule is CC(=O)N(CCNS(=O)(=O)CCCc1ccccc1)c1cc(C)cc(C)c1. The smallest absolute Gasteiger partial charge is 0.223 e. The number of aryl methyl sites for hydroxylation is 3. The molecular formula is C21H28N2O3S. The molecule has 0 saturated carbocycles. The average Bonchev–Trinajstić information content (AvgIpc) is 2.58. The third-order valence-corrected chi connectivity index (χ3v) is 5.75. The summed E-state index contributed by atoms with van der Waals surface area (Å²) < 4.78 is 27.0. The second-order valence-electron chi connectivity index (χ2n) is 6.82. The zero-order valence-corrected chi connectivity index (χ0v) is 17.1. The van der Waals surface area contributed by atoms with Crippen molar-refractivity contribution in [3.05, 3.63) is 65.2 Å². The van der Waals surface area contributed by atoms with Crippen molar-refractivity contribution in [3.8, 4) is 0 Å². The van der Waals surface area contributed by atoms with Crippen molar-refractivity contribution in [2.45, 2.75) is 33.6 Å². The van der Waals surface area contributed by atoms with Crippen LogP contribution < -0.4 is 9.62 Å². The molecule has 0 fully saturated rings. The van der Waals surface area contributed by atoms with Crippen molar-refractivity contribution >= 4 is 21.6 Å². The third kappa shape index (κ3) is 7.15. The standard InChI is InChI=1S/C21H28N2O3S/c1-17-14-18(2)16-21(15-17)23(19(3)24)12-11-22-27(25,26)13-7-10-20-8-5-4-6-9-20/h4-6,8-9,14-16,22H,7,10-13H2,1-3H3. The van der Waals surface area contributed by atoms with Gasteiger partial charge in [0.1, 0.15) is 0 Å². The highest BCUT2D eigenvalue weighted by Crippen LogP contribution is 2.18. The lowest BCUT2D eigenvalue weighted by Crippen LogP contribution is -2.38. The van der Waals surface area contributed by atoms with Crippen LogP contribution in [0.1, 0.15) is 30.0 Å². The van der Waals surface area contributed by atoms with Gasteiger partial charge in [0.2, 0.25) is 15.9 Å². The fourth-order valence-electron chi connectivity index (χ4n) is 3.07. The van der Waals surface area contributed by atoms with Gasteiger partial charge in [0.15, 0.2) is 0 Å². The maximum atomic E-state index is 12.2. The first-order chi connectivity index (χ1) is 12.8. The van der Waals surface area contributed by atoms with Gasteiger partial charge in [-0.1, -0.05) is 36.4 Å². The summed E-state index contributed by atoms with van der Waals surface area (Å²) in [5.74, 6) is -0.0332. The lowest BCUT2D eigenvalue weighted by Gasteiger charge is -2.22. The Bertz CT molecular complexity index is 844. The molecule has 6 heteroatoms. The summed E-state index contributed by atoms with van der Waals surface area (Å²) in [5.41, 5.74) is 4.06. The minimum atomic E-state index is -3.36. The number of hydrogen-bond acceptors (Lipinski definition) is 3. The first-order valence-corrected chi connectivity index (χ1v) is 10.8. The number of amides is 1. The predicted molar refractivity (Wildman–Crippen MR) is 110 cm³/mol. The largest absolute Gasteiger partial charge is 0.311 e. The molecule has 146 valence electrons. The molecule has 0 heterocycles. The van der Waals surface area contributed by atoms with E-state index in [0.29, 0.717) is 13.0 Å². The summed E-state index contributed by atoms with van der Waals surface area (Å²) in [6.45, 7) is 5.94. The van der Waals surface area contributed by atoms with Gasteiger partial charge in [0.25, 0.3) is 0 Å². The van der Waals surface area contributed by atoms with Crippen LogP contribution in [0.5, 0.6) is 0 Å². The summed E-state index contributed by atoms with van der Waals surface area (Å²) >= 11 is 0. The lowest BCUT2D eigenvalue weighted by molar-refractivity contribution is -0.116. The fraction of sp³-hybridized carbons (Fsp3) is 0.381. The number of rotatable bonds is 9. The Kier molecular flexibility index (Phi) is 7.56. The Morgan fingerprint density at radius 3 is 2.26 bits per heavy atom. The van der Waals surface area contributed by atoms with Crippen LogP contribution in [0.4, 0.5) is 5.69 Å². The zero-order valence-electron chi connectivity index (χ0n) is 16.2. The number of nitrogens with zero attached hydrogens (tertiary/aromatic N) is 1. The van der Waals surface area contributed by atoms with Gasteiger partial charge in [-0.2, -0.15) is 0 Å². The topological polar surface area (TPSA) is 66.5 Å². The molecule has 2 aromatic carbocycles. The monoisotopic (exact) mass is 388 g/mol. The quantitative estimate of drug-likeness (QED) is 0.717. The van der Waals surface area contributed by atoms with Crippen LogP contribution in [0.15, 0.2) is 48.5 Å². The van der Waals surface area contributed by atoms with E-state index in [1.54, 1.807) is 4.90 Å². The van der Waals surface area contributed by atoms with Crippen LogP contribution in [0.3, 0.4) is 0 Å². The lowest BCUT2D eigenvalue weighted by atomic mass is 10.1. The molecule has 0 radical (unpaired) electrons. The summed E-state index contributed by atoms with van der Waals surface area (Å²) in [4.78, 5) is 13.6. The second kappa shape index (κ2) is 9.67. The van der Waals surface area contributed by atoms with Gasteiger partial charge >= 0.3 is 0 Å². The van der Waals surface area contributed by atoms with Crippen molar-refractivity contribution in [1.82, 2.24) is 4.72 Å². The van der Waals surface area contributed by atoms with Gasteiger partial charge in [0.05, 0.1) is 5.75 Å². The molecule has 0 bridgehead atoms. The molecule has 0 aliphatic carbocycles. The molecule has 0 atom stereocenters. The van der Waals surface area contributed by atoms with Crippen molar-refractivity contribution in [2.75, 3.05) is 23.7 Å². The van der Waals surface area contributed by atoms with Gasteiger partial charge in [-0.15, -0.1) is 0 Å². The van der Waals surface area contributed by atoms with Crippen LogP contribution in [0, 0.1) is 13.8 Å². The van der Waals surface area contributed by atoms with Crippen molar-refractivity contribution < 1.29 is 13.2 Å². The van der Waals surface area contributed by atoms with E-state index in [4.69, 9.17) is 0 Å². The van der Waals surface area contributed by atoms with Crippen molar-refractivity contribution in [3.63, 3.8) is 0 Å². The molecular weight excluding hydrogens is 360 g/mol. The summed E-state index contributed by atoms with van der Waals surface area (Å²) in [7, 11) is -3.36. The highest BCUT2D eigenvalue weighted by molar-refractivity contribution is 7.89. The molecule has 0 saturated heterocycles. The Morgan fingerprint density at radius 1 is 1.04 bits per heavy atom. The zero-order chi connectivity index (χ0) is 19.9. The molecule has 2 aromatic rings. The van der Waals surface area contributed by atoms with Gasteiger partial charge < -0.3 is 4.90 Å². The van der Waals surface area contributed by atoms with Crippen LogP contribution in [-0.4, -0.2) is 33.2 Å². The number of hydrogen-bond donors (Lipinski definition) is 1. The summed E-state index contributed by atoms with van der Waals surface area (Å²) in [5, 5.41) is 0. The third-order valence-electron chi connectivity index (χ3n) is 4.28. The van der Waals surface area contributed by atoms with E-state index in [1.165, 1.54) is 6.92 Å². The van der Waals surface area contributed by atoms with E-state index in [0.717, 1.165) is 28.8 Å². The fourth-order valence-corrected chi connectivity index (χ4v) is 4.14. The number of nitrogens with one attached hydrogen (secondary N) is 1. The van der Waals surface area contributed by atoms with Crippen LogP contribution in [0.25, 0.3) is 0 Å². The van der Waals surface area contributed by atoms with E-state index >= 15 is 0 Å². The van der Waals surface area contributed by atoms with Crippen LogP contribution in [0.2, 0.25) is 0 Å². The van der Waals surface area contributed by atoms with Gasteiger partial charge in [-0.3, -0.25) is 4.79 Å². The van der Waals surface area contributed by atoms with E-state index in [-0.39, 0.29) is 18.2 Å². The molecule has 0 aliphatic rings. The van der Waals surface area contributed by atoms with E-state index in [9.17, 15) is 13.2 Å². The minimum absolute atomic E-state index is 0.0749. The van der Waals surface area contributed by atoms with Gasteiger partial charge in [-0.05, 0) is 55.5 Å². The molecule has 0 unspecified atom stereocenters. The normalized spacial score (nSPS) is 11.4. The van der Waals surface area contributed by atoms with E-state index in [2.05, 4.69) is 4.72 Å². The molecule has 0 aromatic heterocycles. The predicted octanol–water partition coefficient (Wildman–Crippen LogP) is 3.21. The van der Waals surface area contributed by atoms with Crippen LogP contribution in [-0.2, 0) is 21.2 Å². The van der Waals surface area contributed by atoms with E-state index < -0.39 is 10.0 Å². The number of anilines is 1. The molecule has 2 rings (SSSR count). The molecule has 5 nitrogen and oxygen atoms in total. The highest BCUT2D eigenvalue weighted by atomic mass is 32.2. The van der Waals surface area contributed by atoms with Gasteiger partial charge in [0, 0.05) is 25.7 Å². The van der Waals surface area contributed by atoms with Crippen molar-refractivity contribution in [2.24, 2.45) is 0 Å². The molecule has 1 amide bonds. The van der Waals surface area contributed by atoms with Crippen LogP contribution >= 0.6 is 0 Å². The molecule has 27 heavy (non-hydrogen) atoms. The molecule has 0 spiro atoms.